The molecule has 1 unspecified atom stereocenters. The fraction of sp³-hybridized carbons (Fsp3) is 0.333. The SMILES string of the molecule is CCNC(CSc1cccs1)c1ccc2c(c1)OCO2. The molecule has 1 aliphatic heterocycles. The lowest BCUT2D eigenvalue weighted by Crippen LogP contribution is -2.22. The summed E-state index contributed by atoms with van der Waals surface area (Å²) in [5.74, 6) is 2.70. The molecule has 0 fully saturated rings. The molecule has 0 saturated carbocycles. The second kappa shape index (κ2) is 6.52. The average Bonchev–Trinajstić information content (AvgIpc) is 3.13. The van der Waals surface area contributed by atoms with Crippen molar-refractivity contribution < 1.29 is 9.47 Å². The second-order valence-electron chi connectivity index (χ2n) is 4.47. The van der Waals surface area contributed by atoms with E-state index in [9.17, 15) is 0 Å². The molecular formula is C15H17NO2S2. The molecule has 20 heavy (non-hydrogen) atoms. The molecule has 0 bridgehead atoms. The number of thiophene rings is 1. The van der Waals surface area contributed by atoms with Gasteiger partial charge < -0.3 is 14.8 Å². The standard InChI is InChI=1S/C15H17NO2S2/c1-2-16-12(9-20-15-4-3-7-19-15)11-5-6-13-14(8-11)18-10-17-13/h3-8,12,16H,2,9-10H2,1H3. The Labute approximate surface area is 127 Å². The molecule has 1 aromatic heterocycles. The van der Waals surface area contributed by atoms with Gasteiger partial charge >= 0.3 is 0 Å². The van der Waals surface area contributed by atoms with Gasteiger partial charge in [-0.05, 0) is 35.7 Å². The molecule has 1 aromatic carbocycles. The molecule has 106 valence electrons. The molecule has 0 amide bonds. The fourth-order valence-corrected chi connectivity index (χ4v) is 4.07. The van der Waals surface area contributed by atoms with Gasteiger partial charge in [-0.1, -0.05) is 19.1 Å². The molecule has 1 atom stereocenters. The molecule has 3 nitrogen and oxygen atoms in total. The number of benzene rings is 1. The fourth-order valence-electron chi connectivity index (χ4n) is 2.16. The maximum absolute atomic E-state index is 5.46. The van der Waals surface area contributed by atoms with Crippen molar-refractivity contribution in [3.05, 3.63) is 41.3 Å². The molecule has 1 aliphatic rings. The minimum absolute atomic E-state index is 0.321. The summed E-state index contributed by atoms with van der Waals surface area (Å²) in [7, 11) is 0. The molecule has 0 radical (unpaired) electrons. The van der Waals surface area contributed by atoms with Crippen molar-refractivity contribution in [1.29, 1.82) is 0 Å². The number of nitrogens with one attached hydrogen (secondary N) is 1. The Kier molecular flexibility index (Phi) is 4.50. The highest BCUT2D eigenvalue weighted by Gasteiger charge is 2.17. The van der Waals surface area contributed by atoms with E-state index in [1.807, 2.05) is 17.8 Å². The van der Waals surface area contributed by atoms with E-state index in [0.717, 1.165) is 23.8 Å². The average molecular weight is 307 g/mol. The van der Waals surface area contributed by atoms with Gasteiger partial charge in [0, 0.05) is 11.8 Å². The third-order valence-corrected chi connectivity index (χ3v) is 5.36. The van der Waals surface area contributed by atoms with Crippen LogP contribution in [0.5, 0.6) is 11.5 Å². The first-order valence-electron chi connectivity index (χ1n) is 6.66. The normalized spacial score (nSPS) is 14.4. The summed E-state index contributed by atoms with van der Waals surface area (Å²) in [6, 6.07) is 10.8. The van der Waals surface area contributed by atoms with Crippen molar-refractivity contribution in [2.75, 3.05) is 19.1 Å². The summed E-state index contributed by atoms with van der Waals surface area (Å²) in [4.78, 5) is 0. The summed E-state index contributed by atoms with van der Waals surface area (Å²) >= 11 is 3.68. The van der Waals surface area contributed by atoms with Gasteiger partial charge in [0.15, 0.2) is 11.5 Å². The number of ether oxygens (including phenoxy) is 2. The van der Waals surface area contributed by atoms with Crippen LogP contribution in [0.1, 0.15) is 18.5 Å². The quantitative estimate of drug-likeness (QED) is 0.819. The topological polar surface area (TPSA) is 30.5 Å². The Morgan fingerprint density at radius 3 is 3.00 bits per heavy atom. The summed E-state index contributed by atoms with van der Waals surface area (Å²) in [5, 5.41) is 5.66. The van der Waals surface area contributed by atoms with Crippen molar-refractivity contribution in [2.24, 2.45) is 0 Å². The third kappa shape index (κ3) is 3.11. The van der Waals surface area contributed by atoms with Gasteiger partial charge in [-0.3, -0.25) is 0 Å². The van der Waals surface area contributed by atoms with Gasteiger partial charge in [0.05, 0.1) is 4.21 Å². The van der Waals surface area contributed by atoms with Gasteiger partial charge in [0.25, 0.3) is 0 Å². The molecule has 0 saturated heterocycles. The molecular weight excluding hydrogens is 290 g/mol. The zero-order valence-electron chi connectivity index (χ0n) is 11.3. The molecule has 0 spiro atoms. The van der Waals surface area contributed by atoms with Crippen molar-refractivity contribution in [3.8, 4) is 11.5 Å². The van der Waals surface area contributed by atoms with Crippen LogP contribution in [0.2, 0.25) is 0 Å². The van der Waals surface area contributed by atoms with Crippen molar-refractivity contribution in [1.82, 2.24) is 5.32 Å². The lowest BCUT2D eigenvalue weighted by molar-refractivity contribution is 0.174. The van der Waals surface area contributed by atoms with Crippen LogP contribution in [0.15, 0.2) is 39.9 Å². The maximum Gasteiger partial charge on any atom is 0.231 e. The minimum Gasteiger partial charge on any atom is -0.454 e. The van der Waals surface area contributed by atoms with E-state index in [-0.39, 0.29) is 0 Å². The largest absolute Gasteiger partial charge is 0.454 e. The van der Waals surface area contributed by atoms with Crippen LogP contribution in [0, 0.1) is 0 Å². The molecule has 5 heteroatoms. The first-order chi connectivity index (χ1) is 9.86. The smallest absolute Gasteiger partial charge is 0.231 e. The number of rotatable bonds is 6. The number of fused-ring (bicyclic) bond motifs is 1. The Morgan fingerprint density at radius 2 is 2.20 bits per heavy atom. The highest BCUT2D eigenvalue weighted by atomic mass is 32.2. The van der Waals surface area contributed by atoms with Gasteiger partial charge in [0.1, 0.15) is 0 Å². The number of hydrogen-bond donors (Lipinski definition) is 1. The Bertz CT molecular complexity index is 557. The van der Waals surface area contributed by atoms with E-state index < -0.39 is 0 Å². The molecule has 2 aromatic rings. The third-order valence-electron chi connectivity index (χ3n) is 3.14. The van der Waals surface area contributed by atoms with Crippen molar-refractivity contribution in [3.63, 3.8) is 0 Å². The predicted molar refractivity (Wildman–Crippen MR) is 84.0 cm³/mol. The summed E-state index contributed by atoms with van der Waals surface area (Å²) in [6.45, 7) is 3.41. The van der Waals surface area contributed by atoms with Gasteiger partial charge in [-0.2, -0.15) is 0 Å². The van der Waals surface area contributed by atoms with E-state index in [0.29, 0.717) is 12.8 Å². The zero-order chi connectivity index (χ0) is 13.8. The highest BCUT2D eigenvalue weighted by molar-refractivity contribution is 8.01. The highest BCUT2D eigenvalue weighted by Crippen LogP contribution is 2.35. The number of hydrogen-bond acceptors (Lipinski definition) is 5. The maximum atomic E-state index is 5.46. The molecule has 3 rings (SSSR count). The van der Waals surface area contributed by atoms with E-state index in [1.54, 1.807) is 11.3 Å². The molecule has 2 heterocycles. The van der Waals surface area contributed by atoms with Crippen LogP contribution in [-0.4, -0.2) is 19.1 Å². The lowest BCUT2D eigenvalue weighted by atomic mass is 10.1. The van der Waals surface area contributed by atoms with E-state index in [4.69, 9.17) is 9.47 Å². The molecule has 0 aliphatic carbocycles. The summed E-state index contributed by atoms with van der Waals surface area (Å²) in [6.07, 6.45) is 0. The Hall–Kier alpha value is -1.17. The minimum atomic E-state index is 0.321. The van der Waals surface area contributed by atoms with Crippen LogP contribution in [0.3, 0.4) is 0 Å². The van der Waals surface area contributed by atoms with Crippen LogP contribution in [-0.2, 0) is 0 Å². The van der Waals surface area contributed by atoms with Gasteiger partial charge in [-0.25, -0.2) is 0 Å². The van der Waals surface area contributed by atoms with Crippen molar-refractivity contribution >= 4 is 23.1 Å². The van der Waals surface area contributed by atoms with E-state index in [1.165, 1.54) is 9.77 Å². The number of thioether (sulfide) groups is 1. The van der Waals surface area contributed by atoms with Crippen LogP contribution < -0.4 is 14.8 Å². The van der Waals surface area contributed by atoms with E-state index >= 15 is 0 Å². The Balaban J connectivity index is 1.72. The first kappa shape index (κ1) is 13.8. The molecule has 1 N–H and O–H groups in total. The monoisotopic (exact) mass is 307 g/mol. The van der Waals surface area contributed by atoms with Crippen molar-refractivity contribution in [2.45, 2.75) is 17.2 Å². The predicted octanol–water partition coefficient (Wildman–Crippen LogP) is 3.92. The van der Waals surface area contributed by atoms with Crippen LogP contribution in [0.4, 0.5) is 0 Å². The Morgan fingerprint density at radius 1 is 1.30 bits per heavy atom. The summed E-state index contributed by atoms with van der Waals surface area (Å²) in [5.41, 5.74) is 1.25. The van der Waals surface area contributed by atoms with Gasteiger partial charge in [-0.15, -0.1) is 23.1 Å². The van der Waals surface area contributed by atoms with Crippen LogP contribution in [0.25, 0.3) is 0 Å². The van der Waals surface area contributed by atoms with Gasteiger partial charge in [0.2, 0.25) is 6.79 Å². The lowest BCUT2D eigenvalue weighted by Gasteiger charge is -2.18. The first-order valence-corrected chi connectivity index (χ1v) is 8.52. The zero-order valence-corrected chi connectivity index (χ0v) is 12.9. The second-order valence-corrected chi connectivity index (χ2v) is 6.73. The summed E-state index contributed by atoms with van der Waals surface area (Å²) < 4.78 is 12.2. The van der Waals surface area contributed by atoms with Crippen LogP contribution >= 0.6 is 23.1 Å². The van der Waals surface area contributed by atoms with E-state index in [2.05, 4.69) is 41.9 Å².